The number of aromatic nitrogens is 1. The molecule has 0 aliphatic carbocycles. The van der Waals surface area contributed by atoms with Crippen LogP contribution in [-0.4, -0.2) is 34.4 Å². The highest BCUT2D eigenvalue weighted by molar-refractivity contribution is 6.44. The maximum atomic E-state index is 12.1. The van der Waals surface area contributed by atoms with Crippen LogP contribution in [-0.2, 0) is 4.79 Å². The van der Waals surface area contributed by atoms with Gasteiger partial charge in [0.15, 0.2) is 6.61 Å². The normalized spacial score (nSPS) is 11.1. The van der Waals surface area contributed by atoms with Crippen molar-refractivity contribution in [1.29, 1.82) is 0 Å². The molecule has 172 valence electrons. The number of nitrogens with zero attached hydrogens (tertiary/aromatic N) is 2. The molecule has 0 aliphatic heterocycles. The SMILES string of the molecule is Cc1cc(C(=O)O)ccc1-n1c(C)cc(/C=N\NC(=O)COc2cc(Cl)cc(Cl)c2Cl)c1C. The third kappa shape index (κ3) is 5.68. The standard InChI is InChI=1S/C23H20Cl3N3O4/c1-12-6-15(23(31)32)4-5-19(12)29-13(2)7-16(14(29)3)10-27-28-21(30)11-33-20-9-17(24)8-18(25)22(20)26/h4-10H,11H2,1-3H3,(H,28,30)(H,31,32)/b27-10-. The van der Waals surface area contributed by atoms with Crippen LogP contribution in [0.15, 0.2) is 41.5 Å². The predicted molar refractivity (Wildman–Crippen MR) is 130 cm³/mol. The van der Waals surface area contributed by atoms with Gasteiger partial charge in [0, 0.05) is 33.7 Å². The Morgan fingerprint density at radius 1 is 1.12 bits per heavy atom. The molecular formula is C23H20Cl3N3O4. The van der Waals surface area contributed by atoms with Gasteiger partial charge in [-0.2, -0.15) is 5.10 Å². The topological polar surface area (TPSA) is 92.9 Å². The smallest absolute Gasteiger partial charge is 0.335 e. The highest BCUT2D eigenvalue weighted by Gasteiger charge is 2.14. The summed E-state index contributed by atoms with van der Waals surface area (Å²) >= 11 is 17.9. The van der Waals surface area contributed by atoms with Gasteiger partial charge in [0.2, 0.25) is 0 Å². The zero-order valence-electron chi connectivity index (χ0n) is 17.9. The monoisotopic (exact) mass is 507 g/mol. The van der Waals surface area contributed by atoms with E-state index in [1.165, 1.54) is 18.3 Å². The molecule has 0 bridgehead atoms. The van der Waals surface area contributed by atoms with Crippen LogP contribution in [0, 0.1) is 20.8 Å². The van der Waals surface area contributed by atoms with Gasteiger partial charge in [0.05, 0.1) is 16.8 Å². The molecule has 0 radical (unpaired) electrons. The second-order valence-corrected chi connectivity index (χ2v) is 8.47. The lowest BCUT2D eigenvalue weighted by Crippen LogP contribution is -2.24. The Labute approximate surface area is 205 Å². The number of aryl methyl sites for hydroxylation is 2. The van der Waals surface area contributed by atoms with Gasteiger partial charge in [0.25, 0.3) is 5.91 Å². The van der Waals surface area contributed by atoms with Crippen LogP contribution in [0.5, 0.6) is 5.75 Å². The number of hydrazone groups is 1. The van der Waals surface area contributed by atoms with E-state index in [1.54, 1.807) is 18.2 Å². The number of benzene rings is 2. The van der Waals surface area contributed by atoms with Gasteiger partial charge in [-0.15, -0.1) is 0 Å². The van der Waals surface area contributed by atoms with Crippen LogP contribution in [0.3, 0.4) is 0 Å². The van der Waals surface area contributed by atoms with Gasteiger partial charge >= 0.3 is 5.97 Å². The van der Waals surface area contributed by atoms with Crippen LogP contribution >= 0.6 is 34.8 Å². The molecule has 3 rings (SSSR count). The van der Waals surface area contributed by atoms with Gasteiger partial charge in [-0.3, -0.25) is 4.79 Å². The fourth-order valence-corrected chi connectivity index (χ4v) is 3.95. The van der Waals surface area contributed by atoms with E-state index < -0.39 is 11.9 Å². The number of carboxylic acid groups (broad SMARTS) is 1. The van der Waals surface area contributed by atoms with Crippen molar-refractivity contribution in [2.45, 2.75) is 20.8 Å². The number of nitrogens with one attached hydrogen (secondary N) is 1. The number of ether oxygens (including phenoxy) is 1. The molecule has 7 nitrogen and oxygen atoms in total. The average Bonchev–Trinajstić information content (AvgIpc) is 3.02. The van der Waals surface area contributed by atoms with E-state index in [-0.39, 0.29) is 28.0 Å². The summed E-state index contributed by atoms with van der Waals surface area (Å²) in [4.78, 5) is 23.3. The summed E-state index contributed by atoms with van der Waals surface area (Å²) in [5.41, 5.74) is 6.92. The molecule has 10 heteroatoms. The first-order valence-corrected chi connectivity index (χ1v) is 10.8. The zero-order chi connectivity index (χ0) is 24.3. The van der Waals surface area contributed by atoms with E-state index in [0.29, 0.717) is 5.02 Å². The van der Waals surface area contributed by atoms with E-state index >= 15 is 0 Å². The number of carbonyl (C=O) groups excluding carboxylic acids is 1. The largest absolute Gasteiger partial charge is 0.482 e. The first-order valence-electron chi connectivity index (χ1n) is 9.71. The van der Waals surface area contributed by atoms with Crippen molar-refractivity contribution in [3.63, 3.8) is 0 Å². The molecule has 0 spiro atoms. The maximum Gasteiger partial charge on any atom is 0.335 e. The quantitative estimate of drug-likeness (QED) is 0.247. The Bertz CT molecular complexity index is 1270. The van der Waals surface area contributed by atoms with E-state index in [4.69, 9.17) is 39.5 Å². The molecule has 3 aromatic rings. The fraction of sp³-hybridized carbons (Fsp3) is 0.174. The van der Waals surface area contributed by atoms with Crippen molar-refractivity contribution in [2.75, 3.05) is 6.61 Å². The lowest BCUT2D eigenvalue weighted by Gasteiger charge is -2.13. The number of halogens is 3. The van der Waals surface area contributed by atoms with Gasteiger partial charge < -0.3 is 14.4 Å². The Hall–Kier alpha value is -3.00. The summed E-state index contributed by atoms with van der Waals surface area (Å²) in [6, 6.07) is 9.82. The fourth-order valence-electron chi connectivity index (χ4n) is 3.32. The van der Waals surface area contributed by atoms with Crippen molar-refractivity contribution in [3.8, 4) is 11.4 Å². The number of aromatic carboxylic acids is 1. The lowest BCUT2D eigenvalue weighted by molar-refractivity contribution is -0.123. The first kappa shape index (κ1) is 24.6. The minimum atomic E-state index is -0.973. The molecular weight excluding hydrogens is 489 g/mol. The molecule has 1 heterocycles. The molecule has 0 fully saturated rings. The van der Waals surface area contributed by atoms with E-state index in [2.05, 4.69) is 10.5 Å². The third-order valence-electron chi connectivity index (χ3n) is 4.87. The molecule has 1 aromatic heterocycles. The third-order valence-corrected chi connectivity index (χ3v) is 5.87. The summed E-state index contributed by atoms with van der Waals surface area (Å²) in [6.07, 6.45) is 1.53. The average molecular weight is 509 g/mol. The summed E-state index contributed by atoms with van der Waals surface area (Å²) < 4.78 is 7.37. The van der Waals surface area contributed by atoms with Crippen LogP contribution in [0.25, 0.3) is 5.69 Å². The van der Waals surface area contributed by atoms with Crippen molar-refractivity contribution in [2.24, 2.45) is 5.10 Å². The summed E-state index contributed by atoms with van der Waals surface area (Å²) in [5, 5.41) is 13.9. The highest BCUT2D eigenvalue weighted by Crippen LogP contribution is 2.35. The molecule has 0 unspecified atom stereocenters. The molecule has 0 saturated carbocycles. The lowest BCUT2D eigenvalue weighted by atomic mass is 10.1. The predicted octanol–water partition coefficient (Wildman–Crippen LogP) is 5.59. The second kappa shape index (κ2) is 10.3. The number of carbonyl (C=O) groups is 2. The molecule has 2 aromatic carbocycles. The van der Waals surface area contributed by atoms with Crippen LogP contribution in [0.2, 0.25) is 15.1 Å². The second-order valence-electron chi connectivity index (χ2n) is 7.25. The van der Waals surface area contributed by atoms with Gasteiger partial charge in [0.1, 0.15) is 10.8 Å². The van der Waals surface area contributed by atoms with E-state index in [0.717, 1.165) is 28.2 Å². The summed E-state index contributed by atoms with van der Waals surface area (Å²) in [5.74, 6) is -1.27. The van der Waals surface area contributed by atoms with Crippen LogP contribution < -0.4 is 10.2 Å². The first-order chi connectivity index (χ1) is 15.6. The minimum Gasteiger partial charge on any atom is -0.482 e. The Morgan fingerprint density at radius 3 is 2.52 bits per heavy atom. The molecule has 0 aliphatic rings. The van der Waals surface area contributed by atoms with Crippen LogP contribution in [0.4, 0.5) is 0 Å². The molecule has 2 N–H and O–H groups in total. The van der Waals surface area contributed by atoms with Gasteiger partial charge in [-0.05, 0) is 56.7 Å². The molecule has 1 amide bonds. The zero-order valence-corrected chi connectivity index (χ0v) is 20.2. The Morgan fingerprint density at radius 2 is 1.85 bits per heavy atom. The Kier molecular flexibility index (Phi) is 7.68. The molecule has 33 heavy (non-hydrogen) atoms. The molecule has 0 atom stereocenters. The maximum absolute atomic E-state index is 12.1. The number of rotatable bonds is 7. The number of amides is 1. The van der Waals surface area contributed by atoms with Crippen molar-refractivity contribution in [3.05, 3.63) is 79.5 Å². The highest BCUT2D eigenvalue weighted by atomic mass is 35.5. The van der Waals surface area contributed by atoms with Crippen molar-refractivity contribution in [1.82, 2.24) is 9.99 Å². The van der Waals surface area contributed by atoms with E-state index in [1.807, 2.05) is 31.4 Å². The Balaban J connectivity index is 1.69. The molecule has 0 saturated heterocycles. The summed E-state index contributed by atoms with van der Waals surface area (Å²) in [6.45, 7) is 5.37. The van der Waals surface area contributed by atoms with Gasteiger partial charge in [-0.1, -0.05) is 34.8 Å². The number of carboxylic acids is 1. The van der Waals surface area contributed by atoms with Crippen molar-refractivity contribution >= 4 is 52.9 Å². The van der Waals surface area contributed by atoms with Crippen molar-refractivity contribution < 1.29 is 19.4 Å². The number of hydrogen-bond donors (Lipinski definition) is 2. The van der Waals surface area contributed by atoms with E-state index in [9.17, 15) is 14.7 Å². The van der Waals surface area contributed by atoms with Crippen LogP contribution in [0.1, 0.15) is 32.9 Å². The summed E-state index contributed by atoms with van der Waals surface area (Å²) in [7, 11) is 0. The minimum absolute atomic E-state index is 0.163. The number of hydrogen-bond acceptors (Lipinski definition) is 4. The van der Waals surface area contributed by atoms with Gasteiger partial charge in [-0.25, -0.2) is 10.2 Å².